The fourth-order valence-electron chi connectivity index (χ4n) is 3.46. The standard InChI is InChI=1S/C23H24N4O3/c1-2-30-20-9-5-17(6-10-20)15-24-23(29)19-7-3-18(4-8-19)16-26-21-11-13-25-27(21)14-12-22(26)28/h3-11,13H,2,12,14-16H2,1H3,(H,24,29). The van der Waals surface area contributed by atoms with Crippen LogP contribution < -0.4 is 15.0 Å². The monoisotopic (exact) mass is 404 g/mol. The van der Waals surface area contributed by atoms with Crippen LogP contribution in [-0.4, -0.2) is 28.2 Å². The molecule has 0 spiro atoms. The molecule has 1 aliphatic rings. The van der Waals surface area contributed by atoms with Gasteiger partial charge in [0, 0.05) is 24.6 Å². The number of amides is 2. The lowest BCUT2D eigenvalue weighted by Gasteiger charge is -2.27. The number of aryl methyl sites for hydroxylation is 1. The highest BCUT2D eigenvalue weighted by Crippen LogP contribution is 2.23. The van der Waals surface area contributed by atoms with Crippen LogP contribution in [0.15, 0.2) is 60.8 Å². The number of nitrogens with zero attached hydrogens (tertiary/aromatic N) is 3. The fourth-order valence-corrected chi connectivity index (χ4v) is 3.46. The van der Waals surface area contributed by atoms with Gasteiger partial charge in [-0.3, -0.25) is 14.5 Å². The highest BCUT2D eigenvalue weighted by Gasteiger charge is 2.24. The van der Waals surface area contributed by atoms with Crippen molar-refractivity contribution in [1.29, 1.82) is 0 Å². The number of hydrogen-bond acceptors (Lipinski definition) is 4. The molecule has 2 amide bonds. The molecule has 7 nitrogen and oxygen atoms in total. The fraction of sp³-hybridized carbons (Fsp3) is 0.261. The molecule has 0 radical (unpaired) electrons. The van der Waals surface area contributed by atoms with Gasteiger partial charge in [0.2, 0.25) is 5.91 Å². The summed E-state index contributed by atoms with van der Waals surface area (Å²) in [6, 6.07) is 16.9. The lowest BCUT2D eigenvalue weighted by atomic mass is 10.1. The van der Waals surface area contributed by atoms with Crippen molar-refractivity contribution >= 4 is 17.6 Å². The molecule has 1 aliphatic heterocycles. The van der Waals surface area contributed by atoms with Gasteiger partial charge in [-0.2, -0.15) is 5.10 Å². The molecule has 3 aromatic rings. The summed E-state index contributed by atoms with van der Waals surface area (Å²) in [6.45, 7) is 4.09. The number of aromatic nitrogens is 2. The maximum absolute atomic E-state index is 12.5. The zero-order valence-corrected chi connectivity index (χ0v) is 16.9. The van der Waals surface area contributed by atoms with Crippen molar-refractivity contribution in [2.24, 2.45) is 0 Å². The summed E-state index contributed by atoms with van der Waals surface area (Å²) in [7, 11) is 0. The number of carbonyl (C=O) groups excluding carboxylic acids is 2. The Morgan fingerprint density at radius 3 is 2.53 bits per heavy atom. The maximum Gasteiger partial charge on any atom is 0.251 e. The molecule has 0 saturated heterocycles. The van der Waals surface area contributed by atoms with E-state index in [9.17, 15) is 9.59 Å². The van der Waals surface area contributed by atoms with Crippen molar-refractivity contribution in [2.45, 2.75) is 33.0 Å². The smallest absolute Gasteiger partial charge is 0.251 e. The first-order valence-corrected chi connectivity index (χ1v) is 10.0. The average molecular weight is 404 g/mol. The summed E-state index contributed by atoms with van der Waals surface area (Å²) in [4.78, 5) is 26.5. The molecule has 0 fully saturated rings. The molecule has 4 rings (SSSR count). The second-order valence-electron chi connectivity index (χ2n) is 7.10. The Morgan fingerprint density at radius 1 is 1.07 bits per heavy atom. The SMILES string of the molecule is CCOc1ccc(CNC(=O)c2ccc(CN3C(=O)CCn4nccc43)cc2)cc1. The first-order chi connectivity index (χ1) is 14.6. The van der Waals surface area contributed by atoms with Crippen LogP contribution in [0.25, 0.3) is 0 Å². The van der Waals surface area contributed by atoms with Crippen LogP contribution in [0.3, 0.4) is 0 Å². The quantitative estimate of drug-likeness (QED) is 0.656. The zero-order valence-electron chi connectivity index (χ0n) is 16.9. The summed E-state index contributed by atoms with van der Waals surface area (Å²) in [5.74, 6) is 1.57. The van der Waals surface area contributed by atoms with Gasteiger partial charge in [0.25, 0.3) is 5.91 Å². The topological polar surface area (TPSA) is 76.5 Å². The molecule has 0 saturated carbocycles. The average Bonchev–Trinajstić information content (AvgIpc) is 3.25. The Morgan fingerprint density at radius 2 is 1.80 bits per heavy atom. The van der Waals surface area contributed by atoms with Gasteiger partial charge in [0.1, 0.15) is 11.6 Å². The van der Waals surface area contributed by atoms with Gasteiger partial charge in [-0.1, -0.05) is 24.3 Å². The largest absolute Gasteiger partial charge is 0.494 e. The van der Waals surface area contributed by atoms with Crippen LogP contribution in [0.5, 0.6) is 5.75 Å². The number of benzene rings is 2. The molecule has 2 heterocycles. The summed E-state index contributed by atoms with van der Waals surface area (Å²) in [5, 5.41) is 7.17. The summed E-state index contributed by atoms with van der Waals surface area (Å²) in [6.07, 6.45) is 2.15. The summed E-state index contributed by atoms with van der Waals surface area (Å²) >= 11 is 0. The highest BCUT2D eigenvalue weighted by molar-refractivity contribution is 5.95. The lowest BCUT2D eigenvalue weighted by molar-refractivity contribution is -0.119. The van der Waals surface area contributed by atoms with Gasteiger partial charge in [0.15, 0.2) is 0 Å². The maximum atomic E-state index is 12.5. The molecule has 0 atom stereocenters. The first kappa shape index (κ1) is 19.7. The van der Waals surface area contributed by atoms with Crippen molar-refractivity contribution in [1.82, 2.24) is 15.1 Å². The van der Waals surface area contributed by atoms with E-state index in [-0.39, 0.29) is 11.8 Å². The van der Waals surface area contributed by atoms with E-state index in [4.69, 9.17) is 4.74 Å². The summed E-state index contributed by atoms with van der Waals surface area (Å²) in [5.41, 5.74) is 2.55. The normalized spacial score (nSPS) is 13.1. The first-order valence-electron chi connectivity index (χ1n) is 10.0. The molecule has 0 unspecified atom stereocenters. The molecule has 2 aromatic carbocycles. The van der Waals surface area contributed by atoms with Crippen molar-refractivity contribution < 1.29 is 14.3 Å². The summed E-state index contributed by atoms with van der Waals surface area (Å²) < 4.78 is 7.26. The van der Waals surface area contributed by atoms with Gasteiger partial charge in [-0.15, -0.1) is 0 Å². The van der Waals surface area contributed by atoms with Crippen molar-refractivity contribution in [2.75, 3.05) is 11.5 Å². The van der Waals surface area contributed by atoms with Crippen molar-refractivity contribution in [3.8, 4) is 5.75 Å². The van der Waals surface area contributed by atoms with E-state index >= 15 is 0 Å². The van der Waals surface area contributed by atoms with Crippen LogP contribution in [0.4, 0.5) is 5.82 Å². The van der Waals surface area contributed by atoms with Crippen LogP contribution >= 0.6 is 0 Å². The minimum Gasteiger partial charge on any atom is -0.494 e. The van der Waals surface area contributed by atoms with Crippen molar-refractivity contribution in [3.05, 3.63) is 77.5 Å². The number of carbonyl (C=O) groups is 2. The molecule has 7 heteroatoms. The third-order valence-electron chi connectivity index (χ3n) is 5.05. The molecule has 1 aromatic heterocycles. The zero-order chi connectivity index (χ0) is 20.9. The number of rotatable bonds is 7. The van der Waals surface area contributed by atoms with Gasteiger partial charge in [-0.05, 0) is 42.3 Å². The van der Waals surface area contributed by atoms with E-state index in [0.717, 1.165) is 22.7 Å². The predicted octanol–water partition coefficient (Wildman–Crippen LogP) is 3.15. The van der Waals surface area contributed by atoms with Crippen LogP contribution in [0.2, 0.25) is 0 Å². The predicted molar refractivity (Wildman–Crippen MR) is 113 cm³/mol. The number of ether oxygens (including phenoxy) is 1. The Kier molecular flexibility index (Phi) is 5.79. The van der Waals surface area contributed by atoms with Crippen LogP contribution in [0.1, 0.15) is 34.8 Å². The number of anilines is 1. The van der Waals surface area contributed by atoms with E-state index in [1.54, 1.807) is 23.2 Å². The minimum atomic E-state index is -0.137. The number of nitrogens with one attached hydrogen (secondary N) is 1. The molecule has 154 valence electrons. The van der Waals surface area contributed by atoms with Gasteiger partial charge in [0.05, 0.1) is 25.9 Å². The molecular formula is C23H24N4O3. The Bertz CT molecular complexity index is 1030. The third-order valence-corrected chi connectivity index (χ3v) is 5.05. The number of hydrogen-bond donors (Lipinski definition) is 1. The second-order valence-corrected chi connectivity index (χ2v) is 7.10. The molecular weight excluding hydrogens is 380 g/mol. The Labute approximate surface area is 175 Å². The molecule has 0 aliphatic carbocycles. The van der Waals surface area contributed by atoms with Crippen LogP contribution in [0, 0.1) is 0 Å². The Hall–Kier alpha value is -3.61. The number of fused-ring (bicyclic) bond motifs is 1. The van der Waals surface area contributed by atoms with Gasteiger partial charge in [-0.25, -0.2) is 4.68 Å². The van der Waals surface area contributed by atoms with E-state index in [2.05, 4.69) is 10.4 Å². The molecule has 1 N–H and O–H groups in total. The third kappa shape index (κ3) is 4.35. The Balaban J connectivity index is 1.35. The van der Waals surface area contributed by atoms with E-state index in [0.29, 0.717) is 38.2 Å². The van der Waals surface area contributed by atoms with Gasteiger partial charge < -0.3 is 10.1 Å². The van der Waals surface area contributed by atoms with E-state index in [1.165, 1.54) is 0 Å². The second kappa shape index (κ2) is 8.82. The highest BCUT2D eigenvalue weighted by atomic mass is 16.5. The molecule has 30 heavy (non-hydrogen) atoms. The van der Waals surface area contributed by atoms with E-state index in [1.807, 2.05) is 54.1 Å². The van der Waals surface area contributed by atoms with Gasteiger partial charge >= 0.3 is 0 Å². The minimum absolute atomic E-state index is 0.0835. The van der Waals surface area contributed by atoms with E-state index < -0.39 is 0 Å². The molecule has 0 bridgehead atoms. The lowest BCUT2D eigenvalue weighted by Crippen LogP contribution is -2.36. The van der Waals surface area contributed by atoms with Crippen LogP contribution in [-0.2, 0) is 24.4 Å². The van der Waals surface area contributed by atoms with Crippen molar-refractivity contribution in [3.63, 3.8) is 0 Å².